The number of aromatic nitrogens is 2. The van der Waals surface area contributed by atoms with Crippen molar-refractivity contribution in [1.29, 1.82) is 0 Å². The van der Waals surface area contributed by atoms with Gasteiger partial charge in [0.15, 0.2) is 0 Å². The minimum atomic E-state index is 0.165. The predicted octanol–water partition coefficient (Wildman–Crippen LogP) is 1.50. The Morgan fingerprint density at radius 3 is 2.63 bits per heavy atom. The Morgan fingerprint density at radius 2 is 2.05 bits per heavy atom. The van der Waals surface area contributed by atoms with Gasteiger partial charge in [-0.2, -0.15) is 4.98 Å². The molecule has 0 atom stereocenters. The Kier molecular flexibility index (Phi) is 6.05. The lowest BCUT2D eigenvalue weighted by atomic mass is 10.3. The molecule has 0 spiro atoms. The Bertz CT molecular complexity index is 417. The molecule has 19 heavy (non-hydrogen) atoms. The molecule has 1 aromatic heterocycles. The van der Waals surface area contributed by atoms with Crippen LogP contribution in [-0.2, 0) is 4.79 Å². The van der Waals surface area contributed by atoms with Gasteiger partial charge >= 0.3 is 0 Å². The number of hydrogen-bond acceptors (Lipinski definition) is 5. The summed E-state index contributed by atoms with van der Waals surface area (Å²) in [6, 6.07) is 0. The lowest BCUT2D eigenvalue weighted by molar-refractivity contribution is -0.130. The molecule has 0 aromatic carbocycles. The Labute approximate surface area is 114 Å². The molecule has 0 saturated carbocycles. The number of anilines is 2. The summed E-state index contributed by atoms with van der Waals surface area (Å²) >= 11 is 0. The van der Waals surface area contributed by atoms with Gasteiger partial charge in [-0.1, -0.05) is 0 Å². The van der Waals surface area contributed by atoms with E-state index in [1.807, 2.05) is 25.7 Å². The van der Waals surface area contributed by atoms with Crippen molar-refractivity contribution < 1.29 is 4.79 Å². The molecule has 0 aliphatic rings. The summed E-state index contributed by atoms with van der Waals surface area (Å²) in [5.41, 5.74) is 0.967. The van der Waals surface area contributed by atoms with Crippen molar-refractivity contribution in [3.8, 4) is 0 Å². The molecule has 106 valence electrons. The number of aryl methyl sites for hydroxylation is 1. The summed E-state index contributed by atoms with van der Waals surface area (Å²) in [7, 11) is 1.78. The van der Waals surface area contributed by atoms with Crippen molar-refractivity contribution in [3.05, 3.63) is 11.8 Å². The molecular formula is C13H23N5O. The van der Waals surface area contributed by atoms with Crippen LogP contribution in [0, 0.1) is 6.92 Å². The highest BCUT2D eigenvalue weighted by atomic mass is 16.2. The molecule has 1 heterocycles. The van der Waals surface area contributed by atoms with Gasteiger partial charge in [-0.3, -0.25) is 4.79 Å². The number of carbonyl (C=O) groups excluding carboxylic acids is 1. The summed E-state index contributed by atoms with van der Waals surface area (Å²) in [4.78, 5) is 22.1. The summed E-state index contributed by atoms with van der Waals surface area (Å²) in [5, 5.41) is 6.08. The fourth-order valence-corrected chi connectivity index (χ4v) is 1.76. The Morgan fingerprint density at radius 1 is 1.37 bits per heavy atom. The Hall–Kier alpha value is -1.85. The van der Waals surface area contributed by atoms with Crippen LogP contribution in [0.25, 0.3) is 0 Å². The van der Waals surface area contributed by atoms with Crippen LogP contribution < -0.4 is 10.6 Å². The minimum Gasteiger partial charge on any atom is -0.369 e. The highest BCUT2D eigenvalue weighted by molar-refractivity contribution is 5.76. The lowest BCUT2D eigenvalue weighted by Crippen LogP contribution is -2.31. The van der Waals surface area contributed by atoms with E-state index in [1.165, 1.54) is 0 Å². The van der Waals surface area contributed by atoms with Crippen molar-refractivity contribution in [2.45, 2.75) is 27.2 Å². The first-order chi connectivity index (χ1) is 9.12. The number of nitrogens with one attached hydrogen (secondary N) is 2. The van der Waals surface area contributed by atoms with Crippen LogP contribution in [0.5, 0.6) is 0 Å². The largest absolute Gasteiger partial charge is 0.369 e. The van der Waals surface area contributed by atoms with Gasteiger partial charge in [0.05, 0.1) is 0 Å². The maximum atomic E-state index is 11.8. The molecule has 0 saturated heterocycles. The zero-order valence-electron chi connectivity index (χ0n) is 12.2. The van der Waals surface area contributed by atoms with Gasteiger partial charge in [-0.05, 0) is 20.8 Å². The van der Waals surface area contributed by atoms with E-state index >= 15 is 0 Å². The van der Waals surface area contributed by atoms with Gasteiger partial charge in [-0.15, -0.1) is 0 Å². The number of amides is 1. The van der Waals surface area contributed by atoms with Crippen molar-refractivity contribution in [3.63, 3.8) is 0 Å². The molecule has 1 rings (SSSR count). The van der Waals surface area contributed by atoms with Crippen LogP contribution >= 0.6 is 0 Å². The van der Waals surface area contributed by atoms with E-state index in [1.54, 1.807) is 13.2 Å². The second-order valence-electron chi connectivity index (χ2n) is 4.22. The van der Waals surface area contributed by atoms with E-state index in [4.69, 9.17) is 0 Å². The molecule has 0 fully saturated rings. The van der Waals surface area contributed by atoms with Crippen LogP contribution in [0.2, 0.25) is 0 Å². The van der Waals surface area contributed by atoms with Crippen molar-refractivity contribution in [1.82, 2.24) is 14.9 Å². The van der Waals surface area contributed by atoms with Crippen LogP contribution in [0.15, 0.2) is 6.20 Å². The molecule has 6 nitrogen and oxygen atoms in total. The third-order valence-electron chi connectivity index (χ3n) is 2.94. The van der Waals surface area contributed by atoms with Crippen LogP contribution in [-0.4, -0.2) is 47.5 Å². The van der Waals surface area contributed by atoms with Gasteiger partial charge in [0.2, 0.25) is 11.9 Å². The van der Waals surface area contributed by atoms with E-state index in [-0.39, 0.29) is 5.91 Å². The highest BCUT2D eigenvalue weighted by Crippen LogP contribution is 2.12. The van der Waals surface area contributed by atoms with E-state index in [9.17, 15) is 4.79 Å². The fourth-order valence-electron chi connectivity index (χ4n) is 1.76. The minimum absolute atomic E-state index is 0.165. The first kappa shape index (κ1) is 15.2. The topological polar surface area (TPSA) is 70.2 Å². The summed E-state index contributed by atoms with van der Waals surface area (Å²) in [6.45, 7) is 8.01. The molecule has 6 heteroatoms. The summed E-state index contributed by atoms with van der Waals surface area (Å²) in [6.07, 6.45) is 2.23. The standard InChI is InChI=1S/C13H23N5O/c1-5-18(6-2)11(19)7-8-15-12-10(3)9-16-13(14-4)17-12/h9H,5-8H2,1-4H3,(H2,14,15,16,17). The monoisotopic (exact) mass is 265 g/mol. The van der Waals surface area contributed by atoms with Crippen LogP contribution in [0.4, 0.5) is 11.8 Å². The van der Waals surface area contributed by atoms with E-state index in [0.717, 1.165) is 24.5 Å². The smallest absolute Gasteiger partial charge is 0.224 e. The molecule has 0 radical (unpaired) electrons. The quantitative estimate of drug-likeness (QED) is 0.782. The molecule has 2 N–H and O–H groups in total. The van der Waals surface area contributed by atoms with E-state index < -0.39 is 0 Å². The molecule has 0 aliphatic heterocycles. The zero-order chi connectivity index (χ0) is 14.3. The third-order valence-corrected chi connectivity index (χ3v) is 2.94. The number of carbonyl (C=O) groups is 1. The molecule has 0 aliphatic carbocycles. The van der Waals surface area contributed by atoms with Crippen molar-refractivity contribution >= 4 is 17.7 Å². The summed E-state index contributed by atoms with van der Waals surface area (Å²) in [5.74, 6) is 1.51. The van der Waals surface area contributed by atoms with Crippen molar-refractivity contribution in [2.24, 2.45) is 0 Å². The summed E-state index contributed by atoms with van der Waals surface area (Å²) < 4.78 is 0. The van der Waals surface area contributed by atoms with E-state index in [0.29, 0.717) is 18.9 Å². The first-order valence-electron chi connectivity index (χ1n) is 6.65. The van der Waals surface area contributed by atoms with Gasteiger partial charge in [0.25, 0.3) is 0 Å². The normalized spacial score (nSPS) is 10.1. The second-order valence-corrected chi connectivity index (χ2v) is 4.22. The molecular weight excluding hydrogens is 242 g/mol. The molecule has 0 bridgehead atoms. The number of rotatable bonds is 7. The Balaban J connectivity index is 2.51. The van der Waals surface area contributed by atoms with Gasteiger partial charge in [0, 0.05) is 44.9 Å². The van der Waals surface area contributed by atoms with Gasteiger partial charge < -0.3 is 15.5 Å². The highest BCUT2D eigenvalue weighted by Gasteiger charge is 2.09. The second kappa shape index (κ2) is 7.56. The average Bonchev–Trinajstić information content (AvgIpc) is 2.42. The predicted molar refractivity (Wildman–Crippen MR) is 77.4 cm³/mol. The third kappa shape index (κ3) is 4.39. The van der Waals surface area contributed by atoms with Gasteiger partial charge in [0.1, 0.15) is 5.82 Å². The number of nitrogens with zero attached hydrogens (tertiary/aromatic N) is 3. The SMILES string of the molecule is CCN(CC)C(=O)CCNc1nc(NC)ncc1C. The van der Waals surface area contributed by atoms with Gasteiger partial charge in [-0.25, -0.2) is 4.98 Å². The molecule has 1 amide bonds. The van der Waals surface area contributed by atoms with Crippen LogP contribution in [0.3, 0.4) is 0 Å². The average molecular weight is 265 g/mol. The lowest BCUT2D eigenvalue weighted by Gasteiger charge is -2.18. The molecule has 1 aromatic rings. The van der Waals surface area contributed by atoms with Crippen molar-refractivity contribution in [2.75, 3.05) is 37.3 Å². The van der Waals surface area contributed by atoms with Crippen LogP contribution in [0.1, 0.15) is 25.8 Å². The molecule has 0 unspecified atom stereocenters. The fraction of sp³-hybridized carbons (Fsp3) is 0.615. The maximum absolute atomic E-state index is 11.8. The maximum Gasteiger partial charge on any atom is 0.224 e. The first-order valence-corrected chi connectivity index (χ1v) is 6.65. The van der Waals surface area contributed by atoms with E-state index in [2.05, 4.69) is 20.6 Å². The number of hydrogen-bond donors (Lipinski definition) is 2. The zero-order valence-corrected chi connectivity index (χ0v) is 12.2.